The predicted molar refractivity (Wildman–Crippen MR) is 42.0 cm³/mol. The Kier molecular flexibility index (Phi) is 2.50. The zero-order valence-corrected chi connectivity index (χ0v) is 7.70. The Hall–Kier alpha value is -0.290. The molecule has 0 fully saturated rings. The molecule has 3 nitrogen and oxygen atoms in total. The fourth-order valence-electron chi connectivity index (χ4n) is 0.538. The van der Waals surface area contributed by atoms with Crippen molar-refractivity contribution in [1.29, 1.82) is 0 Å². The van der Waals surface area contributed by atoms with E-state index >= 15 is 0 Å². The van der Waals surface area contributed by atoms with Crippen LogP contribution in [-0.4, -0.2) is 15.4 Å². The van der Waals surface area contributed by atoms with Gasteiger partial charge in [-0.2, -0.15) is 0 Å². The first-order valence-electron chi connectivity index (χ1n) is 2.66. The van der Waals surface area contributed by atoms with Crippen LogP contribution in [0.15, 0.2) is 3.79 Å². The van der Waals surface area contributed by atoms with Gasteiger partial charge in [0, 0.05) is 0 Å². The molecule has 0 atom stereocenters. The third kappa shape index (κ3) is 1.85. The van der Waals surface area contributed by atoms with Crippen LogP contribution < -0.4 is 0 Å². The van der Waals surface area contributed by atoms with Crippen molar-refractivity contribution in [1.82, 2.24) is 9.59 Å². The van der Waals surface area contributed by atoms with Gasteiger partial charge in [0.2, 0.25) is 0 Å². The van der Waals surface area contributed by atoms with Crippen molar-refractivity contribution >= 4 is 33.2 Å². The molecule has 0 amide bonds. The number of nitrogens with zero attached hydrogens (tertiary/aromatic N) is 2. The summed E-state index contributed by atoms with van der Waals surface area (Å²) in [6, 6.07) is 0. The largest absolute Gasteiger partial charge is 0.300 e. The van der Waals surface area contributed by atoms with Crippen LogP contribution in [0.3, 0.4) is 0 Å². The Labute approximate surface area is 70.7 Å². The Morgan fingerprint density at radius 3 is 2.90 bits per heavy atom. The summed E-state index contributed by atoms with van der Waals surface area (Å²) in [5.74, 6) is 0.105. The van der Waals surface area contributed by atoms with Gasteiger partial charge in [-0.25, -0.2) is 0 Å². The molecule has 1 heterocycles. The number of Topliss-reactive ketones (excluding diaryl/α,β-unsaturated/α-hetero) is 1. The van der Waals surface area contributed by atoms with E-state index in [1.165, 1.54) is 18.5 Å². The molecule has 5 heteroatoms. The third-order valence-electron chi connectivity index (χ3n) is 0.926. The number of rotatable bonds is 2. The van der Waals surface area contributed by atoms with Gasteiger partial charge in [-0.15, -0.1) is 5.10 Å². The summed E-state index contributed by atoms with van der Waals surface area (Å²) in [7, 11) is 0. The van der Waals surface area contributed by atoms with Gasteiger partial charge < -0.3 is 0 Å². The number of hydrogen-bond acceptors (Lipinski definition) is 4. The molecule has 1 aromatic heterocycles. The number of ketones is 1. The second-order valence-electron chi connectivity index (χ2n) is 1.87. The smallest absolute Gasteiger partial charge is 0.135 e. The van der Waals surface area contributed by atoms with Crippen LogP contribution in [0.4, 0.5) is 0 Å². The van der Waals surface area contributed by atoms with Crippen LogP contribution in [0.1, 0.15) is 12.6 Å². The van der Waals surface area contributed by atoms with Gasteiger partial charge in [-0.1, -0.05) is 4.49 Å². The molecule has 10 heavy (non-hydrogen) atoms. The molecule has 0 saturated carbocycles. The highest BCUT2D eigenvalue weighted by molar-refractivity contribution is 9.11. The maximum atomic E-state index is 10.6. The maximum Gasteiger partial charge on any atom is 0.135 e. The van der Waals surface area contributed by atoms with Crippen LogP contribution in [0.2, 0.25) is 0 Å². The van der Waals surface area contributed by atoms with Gasteiger partial charge in [0.15, 0.2) is 0 Å². The molecule has 0 aliphatic rings. The molecule has 0 unspecified atom stereocenters. The average Bonchev–Trinajstić information content (AvgIpc) is 2.15. The fourth-order valence-corrected chi connectivity index (χ4v) is 1.38. The van der Waals surface area contributed by atoms with E-state index in [9.17, 15) is 4.79 Å². The summed E-state index contributed by atoms with van der Waals surface area (Å²) < 4.78 is 4.52. The molecule has 0 aromatic carbocycles. The van der Waals surface area contributed by atoms with Crippen molar-refractivity contribution < 1.29 is 4.79 Å². The molecule has 0 radical (unpaired) electrons. The molecule has 54 valence electrons. The Morgan fingerprint density at radius 1 is 1.80 bits per heavy atom. The Bertz CT molecular complexity index is 248. The Balaban J connectivity index is 2.74. The summed E-state index contributed by atoms with van der Waals surface area (Å²) >= 11 is 4.49. The van der Waals surface area contributed by atoms with Gasteiger partial charge in [-0.3, -0.25) is 4.79 Å². The molecule has 0 spiro atoms. The summed E-state index contributed by atoms with van der Waals surface area (Å²) in [5.41, 5.74) is 0.734. The third-order valence-corrected chi connectivity index (χ3v) is 2.38. The Morgan fingerprint density at radius 2 is 2.50 bits per heavy atom. The van der Waals surface area contributed by atoms with E-state index < -0.39 is 0 Å². The lowest BCUT2D eigenvalue weighted by Gasteiger charge is -1.87. The number of hydrogen-bond donors (Lipinski definition) is 0. The second-order valence-corrected chi connectivity index (χ2v) is 3.94. The highest BCUT2D eigenvalue weighted by atomic mass is 79.9. The van der Waals surface area contributed by atoms with E-state index in [1.807, 2.05) is 0 Å². The van der Waals surface area contributed by atoms with Crippen molar-refractivity contribution in [2.75, 3.05) is 0 Å². The van der Waals surface area contributed by atoms with Gasteiger partial charge in [0.25, 0.3) is 0 Å². The maximum absolute atomic E-state index is 10.6. The second kappa shape index (κ2) is 3.21. The molecule has 1 rings (SSSR count). The lowest BCUT2D eigenvalue weighted by Crippen LogP contribution is -1.96. The van der Waals surface area contributed by atoms with Crippen LogP contribution >= 0.6 is 27.5 Å². The minimum absolute atomic E-state index is 0.105. The quantitative estimate of drug-likeness (QED) is 0.758. The summed E-state index contributed by atoms with van der Waals surface area (Å²) in [4.78, 5) is 10.6. The molecule has 0 N–H and O–H groups in total. The van der Waals surface area contributed by atoms with Crippen LogP contribution in [0.25, 0.3) is 0 Å². The zero-order valence-electron chi connectivity index (χ0n) is 5.30. The summed E-state index contributed by atoms with van der Waals surface area (Å²) in [6.07, 6.45) is 0.372. The van der Waals surface area contributed by atoms with Crippen LogP contribution in [0, 0.1) is 0 Å². The van der Waals surface area contributed by atoms with E-state index in [1.54, 1.807) is 0 Å². The van der Waals surface area contributed by atoms with E-state index in [2.05, 4.69) is 25.5 Å². The van der Waals surface area contributed by atoms with E-state index in [0.717, 1.165) is 9.48 Å². The predicted octanol–water partition coefficient (Wildman–Crippen LogP) is 1.43. The van der Waals surface area contributed by atoms with Gasteiger partial charge in [-0.05, 0) is 34.4 Å². The van der Waals surface area contributed by atoms with Crippen molar-refractivity contribution in [3.8, 4) is 0 Å². The average molecular weight is 221 g/mol. The van der Waals surface area contributed by atoms with Crippen molar-refractivity contribution in [2.24, 2.45) is 0 Å². The van der Waals surface area contributed by atoms with Crippen molar-refractivity contribution in [3.63, 3.8) is 0 Å². The fraction of sp³-hybridized carbons (Fsp3) is 0.400. The van der Waals surface area contributed by atoms with Crippen molar-refractivity contribution in [2.45, 2.75) is 13.3 Å². The van der Waals surface area contributed by atoms with E-state index in [4.69, 9.17) is 0 Å². The van der Waals surface area contributed by atoms with Gasteiger partial charge in [0.05, 0.1) is 12.1 Å². The first-order chi connectivity index (χ1) is 4.70. The first-order valence-corrected chi connectivity index (χ1v) is 4.23. The van der Waals surface area contributed by atoms with Crippen molar-refractivity contribution in [3.05, 3.63) is 9.48 Å². The molecular formula is C5H5BrN2OS. The highest BCUT2D eigenvalue weighted by Crippen LogP contribution is 2.18. The SMILES string of the molecule is CC(=O)Cc1nnsc1Br. The lowest BCUT2D eigenvalue weighted by atomic mass is 10.3. The first kappa shape index (κ1) is 7.81. The van der Waals surface area contributed by atoms with Gasteiger partial charge in [0.1, 0.15) is 9.57 Å². The molecule has 0 bridgehead atoms. The standard InChI is InChI=1S/C5H5BrN2OS/c1-3(9)2-4-5(6)10-8-7-4/h2H2,1H3. The zero-order chi connectivity index (χ0) is 7.56. The molecule has 0 aliphatic carbocycles. The molecule has 1 aromatic rings. The number of halogens is 1. The normalized spacial score (nSPS) is 9.80. The number of carbonyl (C=O) groups is 1. The van der Waals surface area contributed by atoms with Crippen LogP contribution in [0.5, 0.6) is 0 Å². The lowest BCUT2D eigenvalue weighted by molar-refractivity contribution is -0.116. The molecule has 0 saturated heterocycles. The number of carbonyl (C=O) groups excluding carboxylic acids is 1. The van der Waals surface area contributed by atoms with E-state index in [-0.39, 0.29) is 5.78 Å². The summed E-state index contributed by atoms with van der Waals surface area (Å²) in [6.45, 7) is 1.53. The number of aromatic nitrogens is 2. The molecule has 0 aliphatic heterocycles. The monoisotopic (exact) mass is 220 g/mol. The van der Waals surface area contributed by atoms with Crippen LogP contribution in [-0.2, 0) is 11.2 Å². The summed E-state index contributed by atoms with van der Waals surface area (Å²) in [5, 5.41) is 3.76. The van der Waals surface area contributed by atoms with Gasteiger partial charge >= 0.3 is 0 Å². The van der Waals surface area contributed by atoms with E-state index in [0.29, 0.717) is 6.42 Å². The minimum atomic E-state index is 0.105. The minimum Gasteiger partial charge on any atom is -0.300 e. The topological polar surface area (TPSA) is 42.9 Å². The highest BCUT2D eigenvalue weighted by Gasteiger charge is 2.05. The molecular weight excluding hydrogens is 216 g/mol.